The van der Waals surface area contributed by atoms with E-state index in [1.54, 1.807) is 19.3 Å². The number of carbonyl (C=O) groups is 3. The first kappa shape index (κ1) is 24.1. The molecule has 0 spiro atoms. The fourth-order valence-corrected chi connectivity index (χ4v) is 4.91. The molecule has 2 aromatic rings. The Morgan fingerprint density at radius 3 is 2.47 bits per heavy atom. The molecule has 2 aromatic carbocycles. The fourth-order valence-electron chi connectivity index (χ4n) is 3.29. The summed E-state index contributed by atoms with van der Waals surface area (Å²) in [5, 5.41) is 2.27. The zero-order valence-electron chi connectivity index (χ0n) is 18.2. The first-order valence-electron chi connectivity index (χ1n) is 9.85. The Balaban J connectivity index is 1.76. The maximum absolute atomic E-state index is 12.8. The molecule has 1 fully saturated rings. The van der Waals surface area contributed by atoms with Crippen LogP contribution in [-0.2, 0) is 9.59 Å². The summed E-state index contributed by atoms with van der Waals surface area (Å²) >= 11 is 2.94. The lowest BCUT2D eigenvalue weighted by Gasteiger charge is -2.13. The summed E-state index contributed by atoms with van der Waals surface area (Å²) in [6.45, 7) is 5.89. The third-order valence-corrected chi connectivity index (χ3v) is 6.23. The van der Waals surface area contributed by atoms with Gasteiger partial charge in [0.1, 0.15) is 6.54 Å². The number of halogens is 1. The number of thioether (sulfide) groups is 1. The van der Waals surface area contributed by atoms with Gasteiger partial charge in [-0.2, -0.15) is 0 Å². The Kier molecular flexibility index (Phi) is 7.83. The fraction of sp³-hybridized carbons (Fsp3) is 0.261. The largest absolute Gasteiger partial charge is 0.493 e. The second kappa shape index (κ2) is 10.4. The molecule has 0 atom stereocenters. The summed E-state index contributed by atoms with van der Waals surface area (Å²) in [4.78, 5) is 38.9. The van der Waals surface area contributed by atoms with Crippen molar-refractivity contribution in [1.82, 2.24) is 4.90 Å². The molecule has 1 aliphatic heterocycles. The highest BCUT2D eigenvalue weighted by molar-refractivity contribution is 14.1. The lowest BCUT2D eigenvalue weighted by molar-refractivity contribution is -0.127. The molecule has 1 heterocycles. The third kappa shape index (κ3) is 5.63. The van der Waals surface area contributed by atoms with Gasteiger partial charge in [0.2, 0.25) is 5.91 Å². The Morgan fingerprint density at radius 1 is 1.16 bits per heavy atom. The number of amides is 3. The molecule has 1 N–H and O–H groups in total. The number of hydrogen-bond acceptors (Lipinski definition) is 6. The van der Waals surface area contributed by atoms with Crippen molar-refractivity contribution in [3.8, 4) is 11.5 Å². The molecule has 32 heavy (non-hydrogen) atoms. The van der Waals surface area contributed by atoms with Crippen molar-refractivity contribution >= 4 is 63.2 Å². The predicted molar refractivity (Wildman–Crippen MR) is 134 cm³/mol. The number of rotatable bonds is 7. The molecule has 0 radical (unpaired) electrons. The second-order valence-electron chi connectivity index (χ2n) is 7.16. The minimum absolute atomic E-state index is 0.246. The molecular weight excluding hydrogens is 543 g/mol. The van der Waals surface area contributed by atoms with Crippen LogP contribution in [0.25, 0.3) is 6.08 Å². The Morgan fingerprint density at radius 2 is 1.84 bits per heavy atom. The average molecular weight is 566 g/mol. The summed E-state index contributed by atoms with van der Waals surface area (Å²) in [7, 11) is 1.54. The number of imide groups is 1. The van der Waals surface area contributed by atoms with Gasteiger partial charge in [-0.15, -0.1) is 0 Å². The number of carbonyl (C=O) groups excluding carboxylic acids is 3. The number of ether oxygens (including phenoxy) is 2. The van der Waals surface area contributed by atoms with Crippen molar-refractivity contribution < 1.29 is 23.9 Å². The van der Waals surface area contributed by atoms with E-state index in [1.807, 2.05) is 45.0 Å². The molecule has 0 unspecified atom stereocenters. The van der Waals surface area contributed by atoms with Gasteiger partial charge in [-0.1, -0.05) is 6.07 Å². The lowest BCUT2D eigenvalue weighted by Crippen LogP contribution is -2.36. The van der Waals surface area contributed by atoms with Crippen molar-refractivity contribution in [2.45, 2.75) is 20.8 Å². The molecule has 168 valence electrons. The SMILES string of the molecule is CCOc1c(I)cc(/C=C2/SC(=O)N(CC(=O)Nc3cc(C)cc(C)c3)C2=O)cc1OC. The van der Waals surface area contributed by atoms with Crippen LogP contribution in [0, 0.1) is 17.4 Å². The quantitative estimate of drug-likeness (QED) is 0.376. The van der Waals surface area contributed by atoms with E-state index in [4.69, 9.17) is 9.47 Å². The maximum atomic E-state index is 12.8. The summed E-state index contributed by atoms with van der Waals surface area (Å²) in [6, 6.07) is 9.25. The standard InChI is InChI=1S/C23H23IN2O5S/c1-5-31-21-17(24)9-15(10-18(21)30-4)11-19-22(28)26(23(29)32-19)12-20(27)25-16-7-13(2)6-14(3)8-16/h6-11H,5,12H2,1-4H3,(H,25,27)/b19-11+. The molecule has 9 heteroatoms. The lowest BCUT2D eigenvalue weighted by atomic mass is 10.1. The predicted octanol–water partition coefficient (Wildman–Crippen LogP) is 4.99. The minimum Gasteiger partial charge on any atom is -0.493 e. The molecule has 7 nitrogen and oxygen atoms in total. The highest BCUT2D eigenvalue weighted by Gasteiger charge is 2.36. The number of nitrogens with one attached hydrogen (secondary N) is 1. The molecule has 0 bridgehead atoms. The molecule has 3 amide bonds. The summed E-state index contributed by atoms with van der Waals surface area (Å²) < 4.78 is 11.8. The van der Waals surface area contributed by atoms with E-state index in [0.717, 1.165) is 31.4 Å². The van der Waals surface area contributed by atoms with Gasteiger partial charge in [0.15, 0.2) is 11.5 Å². The highest BCUT2D eigenvalue weighted by atomic mass is 127. The molecule has 1 aliphatic rings. The number of hydrogen-bond donors (Lipinski definition) is 1. The van der Waals surface area contributed by atoms with Gasteiger partial charge in [-0.25, -0.2) is 0 Å². The van der Waals surface area contributed by atoms with Crippen LogP contribution in [0.4, 0.5) is 10.5 Å². The molecular formula is C23H23IN2O5S. The van der Waals surface area contributed by atoms with Gasteiger partial charge in [0.05, 0.1) is 22.2 Å². The van der Waals surface area contributed by atoms with Crippen LogP contribution in [0.2, 0.25) is 0 Å². The Labute approximate surface area is 204 Å². The van der Waals surface area contributed by atoms with Crippen molar-refractivity contribution in [1.29, 1.82) is 0 Å². The maximum Gasteiger partial charge on any atom is 0.294 e. The van der Waals surface area contributed by atoms with E-state index < -0.39 is 17.1 Å². The van der Waals surface area contributed by atoms with Gasteiger partial charge < -0.3 is 14.8 Å². The Hall–Kier alpha value is -2.53. The molecule has 1 saturated heterocycles. The molecule has 0 aliphatic carbocycles. The normalized spacial score (nSPS) is 14.8. The van der Waals surface area contributed by atoms with Gasteiger partial charge in [-0.3, -0.25) is 19.3 Å². The smallest absolute Gasteiger partial charge is 0.294 e. The highest BCUT2D eigenvalue weighted by Crippen LogP contribution is 2.37. The van der Waals surface area contributed by atoms with Crippen LogP contribution >= 0.6 is 34.4 Å². The van der Waals surface area contributed by atoms with Crippen LogP contribution in [0.3, 0.4) is 0 Å². The van der Waals surface area contributed by atoms with Crippen LogP contribution in [0.15, 0.2) is 35.2 Å². The monoisotopic (exact) mass is 566 g/mol. The molecule has 3 rings (SSSR count). The topological polar surface area (TPSA) is 84.9 Å². The molecule has 0 aromatic heterocycles. The van der Waals surface area contributed by atoms with Crippen molar-refractivity contribution in [3.05, 3.63) is 55.5 Å². The second-order valence-corrected chi connectivity index (χ2v) is 9.31. The van der Waals surface area contributed by atoms with Gasteiger partial charge in [0.25, 0.3) is 11.1 Å². The van der Waals surface area contributed by atoms with E-state index in [0.29, 0.717) is 29.4 Å². The zero-order valence-corrected chi connectivity index (χ0v) is 21.1. The average Bonchev–Trinajstić information content (AvgIpc) is 2.96. The summed E-state index contributed by atoms with van der Waals surface area (Å²) in [5.41, 5.74) is 3.34. The van der Waals surface area contributed by atoms with Gasteiger partial charge in [0, 0.05) is 5.69 Å². The minimum atomic E-state index is -0.501. The van der Waals surface area contributed by atoms with E-state index in [1.165, 1.54) is 0 Å². The zero-order chi connectivity index (χ0) is 23.4. The van der Waals surface area contributed by atoms with E-state index in [9.17, 15) is 14.4 Å². The summed E-state index contributed by atoms with van der Waals surface area (Å²) in [5.74, 6) is 0.232. The van der Waals surface area contributed by atoms with E-state index in [2.05, 4.69) is 27.9 Å². The van der Waals surface area contributed by atoms with Gasteiger partial charge in [-0.05, 0) is 102 Å². The Bertz CT molecular complexity index is 1100. The number of methoxy groups -OCH3 is 1. The number of anilines is 1. The van der Waals surface area contributed by atoms with E-state index in [-0.39, 0.29) is 11.4 Å². The van der Waals surface area contributed by atoms with Gasteiger partial charge >= 0.3 is 0 Å². The van der Waals surface area contributed by atoms with Crippen molar-refractivity contribution in [3.63, 3.8) is 0 Å². The number of aryl methyl sites for hydroxylation is 2. The van der Waals surface area contributed by atoms with E-state index >= 15 is 0 Å². The van der Waals surface area contributed by atoms with Crippen LogP contribution < -0.4 is 14.8 Å². The van der Waals surface area contributed by atoms with Crippen molar-refractivity contribution in [2.75, 3.05) is 25.6 Å². The number of benzene rings is 2. The summed E-state index contributed by atoms with van der Waals surface area (Å²) in [6.07, 6.45) is 1.62. The third-order valence-electron chi connectivity index (χ3n) is 4.52. The van der Waals surface area contributed by atoms with Crippen LogP contribution in [-0.4, -0.2) is 42.2 Å². The van der Waals surface area contributed by atoms with Crippen LogP contribution in [0.1, 0.15) is 23.6 Å². The van der Waals surface area contributed by atoms with Crippen LogP contribution in [0.5, 0.6) is 11.5 Å². The first-order valence-corrected chi connectivity index (χ1v) is 11.7. The number of nitrogens with zero attached hydrogens (tertiary/aromatic N) is 1. The molecule has 0 saturated carbocycles. The first-order chi connectivity index (χ1) is 15.2. The van der Waals surface area contributed by atoms with Crippen molar-refractivity contribution in [2.24, 2.45) is 0 Å².